The third-order valence-electron chi connectivity index (χ3n) is 3.97. The molecular formula is C20H27N. The van der Waals surface area contributed by atoms with E-state index in [2.05, 4.69) is 79.8 Å². The van der Waals surface area contributed by atoms with Gasteiger partial charge in [0.15, 0.2) is 0 Å². The monoisotopic (exact) mass is 281 g/mol. The molecule has 1 nitrogen and oxygen atoms in total. The van der Waals surface area contributed by atoms with E-state index in [9.17, 15) is 0 Å². The maximum Gasteiger partial charge on any atom is 0.0322 e. The first kappa shape index (κ1) is 15.8. The zero-order valence-corrected chi connectivity index (χ0v) is 13.3. The van der Waals surface area contributed by atoms with Crippen molar-refractivity contribution in [2.24, 2.45) is 0 Å². The number of nitrogens with one attached hydrogen (secondary N) is 1. The molecule has 2 rings (SSSR count). The highest BCUT2D eigenvalue weighted by molar-refractivity contribution is 5.19. The third-order valence-corrected chi connectivity index (χ3v) is 3.97. The van der Waals surface area contributed by atoms with Crippen LogP contribution in [0.3, 0.4) is 0 Å². The molecule has 0 aliphatic carbocycles. The number of rotatable bonds is 8. The molecule has 0 bridgehead atoms. The number of aryl methyl sites for hydroxylation is 1. The highest BCUT2D eigenvalue weighted by Crippen LogP contribution is 2.19. The summed E-state index contributed by atoms with van der Waals surface area (Å²) in [5.41, 5.74) is 2.84. The van der Waals surface area contributed by atoms with Crippen LogP contribution in [0, 0.1) is 0 Å². The van der Waals surface area contributed by atoms with Crippen molar-refractivity contribution in [2.75, 3.05) is 0 Å². The number of hydrogen-bond donors (Lipinski definition) is 1. The van der Waals surface area contributed by atoms with Gasteiger partial charge in [0.2, 0.25) is 0 Å². The van der Waals surface area contributed by atoms with Crippen LogP contribution in [-0.4, -0.2) is 6.04 Å². The molecule has 0 aliphatic heterocycles. The molecule has 0 saturated heterocycles. The molecule has 0 aromatic heterocycles. The Balaban J connectivity index is 1.88. The Morgan fingerprint density at radius 3 is 2.10 bits per heavy atom. The van der Waals surface area contributed by atoms with Crippen LogP contribution in [0.15, 0.2) is 60.7 Å². The molecule has 0 heterocycles. The van der Waals surface area contributed by atoms with Gasteiger partial charge in [-0.25, -0.2) is 0 Å². The minimum absolute atomic E-state index is 0.474. The van der Waals surface area contributed by atoms with Crippen LogP contribution >= 0.6 is 0 Å². The van der Waals surface area contributed by atoms with Gasteiger partial charge >= 0.3 is 0 Å². The molecule has 112 valence electrons. The summed E-state index contributed by atoms with van der Waals surface area (Å²) in [5, 5.41) is 3.80. The molecule has 0 radical (unpaired) electrons. The van der Waals surface area contributed by atoms with Gasteiger partial charge in [-0.2, -0.15) is 0 Å². The molecule has 1 N–H and O–H groups in total. The van der Waals surface area contributed by atoms with Crippen LogP contribution in [-0.2, 0) is 6.42 Å². The molecular weight excluding hydrogens is 254 g/mol. The van der Waals surface area contributed by atoms with Crippen LogP contribution in [0.25, 0.3) is 0 Å². The summed E-state index contributed by atoms with van der Waals surface area (Å²) in [6, 6.07) is 22.6. The van der Waals surface area contributed by atoms with E-state index < -0.39 is 0 Å². The zero-order valence-electron chi connectivity index (χ0n) is 13.3. The molecule has 0 amide bonds. The fourth-order valence-corrected chi connectivity index (χ4v) is 2.77. The summed E-state index contributed by atoms with van der Waals surface area (Å²) >= 11 is 0. The van der Waals surface area contributed by atoms with Gasteiger partial charge in [0.05, 0.1) is 0 Å². The maximum atomic E-state index is 3.80. The third kappa shape index (κ3) is 5.35. The summed E-state index contributed by atoms with van der Waals surface area (Å²) in [6.45, 7) is 4.56. The first-order valence-corrected chi connectivity index (χ1v) is 8.14. The van der Waals surface area contributed by atoms with Gasteiger partial charge in [-0.05, 0) is 37.3 Å². The van der Waals surface area contributed by atoms with Gasteiger partial charge in [0, 0.05) is 12.1 Å². The fourth-order valence-electron chi connectivity index (χ4n) is 2.77. The van der Waals surface area contributed by atoms with Gasteiger partial charge in [-0.3, -0.25) is 0 Å². The van der Waals surface area contributed by atoms with Crippen LogP contribution in [0.1, 0.15) is 50.3 Å². The smallest absolute Gasteiger partial charge is 0.0322 e. The van der Waals surface area contributed by atoms with E-state index in [0.717, 1.165) is 6.42 Å². The topological polar surface area (TPSA) is 12.0 Å². The molecule has 1 heteroatoms. The lowest BCUT2D eigenvalue weighted by Crippen LogP contribution is -2.31. The summed E-state index contributed by atoms with van der Waals surface area (Å²) < 4.78 is 0. The first-order valence-electron chi connectivity index (χ1n) is 8.14. The zero-order chi connectivity index (χ0) is 14.9. The average molecular weight is 281 g/mol. The summed E-state index contributed by atoms with van der Waals surface area (Å²) in [6.07, 6.45) is 4.72. The Hall–Kier alpha value is -1.60. The molecule has 0 fully saturated rings. The van der Waals surface area contributed by atoms with E-state index in [1.54, 1.807) is 0 Å². The maximum absolute atomic E-state index is 3.80. The van der Waals surface area contributed by atoms with Crippen LogP contribution in [0.4, 0.5) is 0 Å². The average Bonchev–Trinajstić information content (AvgIpc) is 2.54. The van der Waals surface area contributed by atoms with Gasteiger partial charge in [-0.1, -0.05) is 74.0 Å². The van der Waals surface area contributed by atoms with Crippen molar-refractivity contribution in [3.05, 3.63) is 71.8 Å². The number of benzene rings is 2. The van der Waals surface area contributed by atoms with Gasteiger partial charge in [-0.15, -0.1) is 0 Å². The van der Waals surface area contributed by atoms with E-state index in [1.807, 2.05) is 0 Å². The summed E-state index contributed by atoms with van der Waals surface area (Å²) in [4.78, 5) is 0. The van der Waals surface area contributed by atoms with Crippen molar-refractivity contribution in [1.29, 1.82) is 0 Å². The van der Waals surface area contributed by atoms with Gasteiger partial charge in [0.25, 0.3) is 0 Å². The molecule has 2 atom stereocenters. The van der Waals surface area contributed by atoms with Crippen molar-refractivity contribution < 1.29 is 0 Å². The van der Waals surface area contributed by atoms with E-state index >= 15 is 0 Å². The Morgan fingerprint density at radius 2 is 1.48 bits per heavy atom. The second-order valence-corrected chi connectivity index (χ2v) is 5.84. The summed E-state index contributed by atoms with van der Waals surface area (Å²) in [7, 11) is 0. The largest absolute Gasteiger partial charge is 0.307 e. The van der Waals surface area contributed by atoms with Crippen molar-refractivity contribution in [3.8, 4) is 0 Å². The van der Waals surface area contributed by atoms with Crippen molar-refractivity contribution in [2.45, 2.75) is 51.6 Å². The SMILES string of the molecule is CCCC(NC(C)CCc1ccccc1)c1ccccc1. The van der Waals surface area contributed by atoms with Crippen LogP contribution < -0.4 is 5.32 Å². The highest BCUT2D eigenvalue weighted by Gasteiger charge is 2.13. The Bertz CT molecular complexity index is 492. The molecule has 0 spiro atoms. The van der Waals surface area contributed by atoms with Crippen molar-refractivity contribution >= 4 is 0 Å². The van der Waals surface area contributed by atoms with Gasteiger partial charge < -0.3 is 5.32 Å². The van der Waals surface area contributed by atoms with Crippen LogP contribution in [0.2, 0.25) is 0 Å². The summed E-state index contributed by atoms with van der Waals surface area (Å²) in [5.74, 6) is 0. The fraction of sp³-hybridized carbons (Fsp3) is 0.400. The van der Waals surface area contributed by atoms with E-state index in [4.69, 9.17) is 0 Å². The van der Waals surface area contributed by atoms with Crippen LogP contribution in [0.5, 0.6) is 0 Å². The standard InChI is InChI=1S/C20H27N/c1-3-10-20(19-13-8-5-9-14-19)21-17(2)15-16-18-11-6-4-7-12-18/h4-9,11-14,17,20-21H,3,10,15-16H2,1-2H3. The van der Waals surface area contributed by atoms with Crippen molar-refractivity contribution in [3.63, 3.8) is 0 Å². The minimum Gasteiger partial charge on any atom is -0.307 e. The van der Waals surface area contributed by atoms with E-state index in [1.165, 1.54) is 30.4 Å². The normalized spacial score (nSPS) is 13.8. The van der Waals surface area contributed by atoms with Gasteiger partial charge in [0.1, 0.15) is 0 Å². The molecule has 2 unspecified atom stereocenters. The van der Waals surface area contributed by atoms with E-state index in [-0.39, 0.29) is 0 Å². The van der Waals surface area contributed by atoms with Crippen molar-refractivity contribution in [1.82, 2.24) is 5.32 Å². The predicted octanol–water partition coefficient (Wildman–Crippen LogP) is 5.14. The molecule has 0 saturated carbocycles. The Kier molecular flexibility index (Phi) is 6.49. The first-order chi connectivity index (χ1) is 10.3. The number of hydrogen-bond acceptors (Lipinski definition) is 1. The predicted molar refractivity (Wildman–Crippen MR) is 91.5 cm³/mol. The lowest BCUT2D eigenvalue weighted by atomic mass is 10.00. The Morgan fingerprint density at radius 1 is 0.857 bits per heavy atom. The highest BCUT2D eigenvalue weighted by atomic mass is 14.9. The Labute approximate surface area is 129 Å². The quantitative estimate of drug-likeness (QED) is 0.706. The molecule has 0 aliphatic rings. The lowest BCUT2D eigenvalue weighted by molar-refractivity contribution is 0.414. The second kappa shape index (κ2) is 8.63. The lowest BCUT2D eigenvalue weighted by Gasteiger charge is -2.23. The molecule has 21 heavy (non-hydrogen) atoms. The van der Waals surface area contributed by atoms with E-state index in [0.29, 0.717) is 12.1 Å². The minimum atomic E-state index is 0.474. The second-order valence-electron chi connectivity index (χ2n) is 5.84. The molecule has 2 aromatic carbocycles. The molecule has 2 aromatic rings.